The number of phenolic OH excluding ortho intramolecular Hbond substituents is 1. The average molecular weight is 218 g/mol. The van der Waals surface area contributed by atoms with E-state index in [-0.39, 0.29) is 17.4 Å². The van der Waals surface area contributed by atoms with E-state index in [4.69, 9.17) is 0 Å². The Balaban J connectivity index is 2.55. The van der Waals surface area contributed by atoms with Crippen molar-refractivity contribution in [2.24, 2.45) is 0 Å². The third-order valence-electron chi connectivity index (χ3n) is 2.49. The zero-order valence-electron chi connectivity index (χ0n) is 9.24. The number of aromatic amines is 2. The molecule has 0 unspecified atom stereocenters. The van der Waals surface area contributed by atoms with E-state index < -0.39 is 0 Å². The number of rotatable bonds is 2. The summed E-state index contributed by atoms with van der Waals surface area (Å²) in [6.07, 6.45) is 0. The molecule has 3 N–H and O–H groups in total. The molecule has 0 radical (unpaired) electrons. The Kier molecular flexibility index (Phi) is 2.56. The van der Waals surface area contributed by atoms with E-state index in [1.54, 1.807) is 24.3 Å². The van der Waals surface area contributed by atoms with Crippen LogP contribution in [0.4, 0.5) is 0 Å². The van der Waals surface area contributed by atoms with E-state index in [1.807, 2.05) is 13.8 Å². The molecule has 2 aromatic rings. The van der Waals surface area contributed by atoms with Crippen molar-refractivity contribution in [1.29, 1.82) is 0 Å². The minimum atomic E-state index is -0.202. The first kappa shape index (κ1) is 10.5. The number of phenols is 1. The molecule has 1 aromatic carbocycles. The van der Waals surface area contributed by atoms with Crippen LogP contribution in [-0.2, 0) is 0 Å². The second kappa shape index (κ2) is 3.89. The van der Waals surface area contributed by atoms with Crippen LogP contribution in [0.2, 0.25) is 0 Å². The zero-order valence-corrected chi connectivity index (χ0v) is 9.24. The molecule has 0 atom stereocenters. The van der Waals surface area contributed by atoms with Crippen molar-refractivity contribution in [2.75, 3.05) is 0 Å². The number of hydrogen-bond acceptors (Lipinski definition) is 2. The first-order valence-electron chi connectivity index (χ1n) is 5.19. The first-order chi connectivity index (χ1) is 7.58. The fraction of sp³-hybridized carbons (Fsp3) is 0.250. The van der Waals surface area contributed by atoms with Crippen molar-refractivity contribution >= 4 is 0 Å². The number of nitrogens with one attached hydrogen (secondary N) is 2. The molecule has 0 amide bonds. The van der Waals surface area contributed by atoms with Crippen LogP contribution in [0.15, 0.2) is 29.1 Å². The lowest BCUT2D eigenvalue weighted by Crippen LogP contribution is -2.01. The number of benzene rings is 1. The number of aromatic hydroxyl groups is 1. The molecule has 1 heterocycles. The van der Waals surface area contributed by atoms with Gasteiger partial charge in [0.2, 0.25) is 0 Å². The van der Waals surface area contributed by atoms with Gasteiger partial charge in [0, 0.05) is 11.3 Å². The van der Waals surface area contributed by atoms with Gasteiger partial charge in [0.1, 0.15) is 5.75 Å². The molecule has 0 fully saturated rings. The molecule has 1 aromatic heterocycles. The average Bonchev–Trinajstić information content (AvgIpc) is 2.61. The second-order valence-electron chi connectivity index (χ2n) is 4.07. The minimum Gasteiger partial charge on any atom is -0.508 e. The van der Waals surface area contributed by atoms with Crippen molar-refractivity contribution < 1.29 is 5.11 Å². The predicted octanol–water partition coefficient (Wildman–Crippen LogP) is 2.20. The standard InChI is InChI=1S/C12H14N2O2/c1-7(2)10-11(14-12(16)13-10)8-3-5-9(15)6-4-8/h3-7,15H,1-2H3,(H2,13,14,16). The molecular weight excluding hydrogens is 204 g/mol. The lowest BCUT2D eigenvalue weighted by molar-refractivity contribution is 0.475. The Morgan fingerprint density at radius 1 is 1.12 bits per heavy atom. The molecule has 0 saturated heterocycles. The quantitative estimate of drug-likeness (QED) is 0.723. The highest BCUT2D eigenvalue weighted by atomic mass is 16.3. The molecule has 0 bridgehead atoms. The van der Waals surface area contributed by atoms with Gasteiger partial charge in [-0.3, -0.25) is 0 Å². The summed E-state index contributed by atoms with van der Waals surface area (Å²) >= 11 is 0. The summed E-state index contributed by atoms with van der Waals surface area (Å²) in [6.45, 7) is 4.03. The molecule has 84 valence electrons. The summed E-state index contributed by atoms with van der Waals surface area (Å²) in [4.78, 5) is 16.8. The van der Waals surface area contributed by atoms with Crippen LogP contribution in [-0.4, -0.2) is 15.1 Å². The molecule has 16 heavy (non-hydrogen) atoms. The van der Waals surface area contributed by atoms with Crippen LogP contribution >= 0.6 is 0 Å². The Morgan fingerprint density at radius 2 is 1.75 bits per heavy atom. The van der Waals surface area contributed by atoms with Gasteiger partial charge in [-0.1, -0.05) is 13.8 Å². The number of aromatic nitrogens is 2. The largest absolute Gasteiger partial charge is 0.508 e. The molecule has 0 aliphatic rings. The topological polar surface area (TPSA) is 68.9 Å². The van der Waals surface area contributed by atoms with Crippen LogP contribution in [0.3, 0.4) is 0 Å². The molecular formula is C12H14N2O2. The van der Waals surface area contributed by atoms with Crippen LogP contribution in [0, 0.1) is 0 Å². The molecule has 0 aliphatic heterocycles. The molecule has 0 aliphatic carbocycles. The predicted molar refractivity (Wildman–Crippen MR) is 62.6 cm³/mol. The van der Waals surface area contributed by atoms with Gasteiger partial charge < -0.3 is 15.1 Å². The molecule has 4 heteroatoms. The maximum Gasteiger partial charge on any atom is 0.323 e. The van der Waals surface area contributed by atoms with E-state index in [0.29, 0.717) is 0 Å². The summed E-state index contributed by atoms with van der Waals surface area (Å²) in [6, 6.07) is 6.76. The monoisotopic (exact) mass is 218 g/mol. The third kappa shape index (κ3) is 1.86. The van der Waals surface area contributed by atoms with E-state index in [2.05, 4.69) is 9.97 Å². The summed E-state index contributed by atoms with van der Waals surface area (Å²) in [5.41, 5.74) is 2.36. The van der Waals surface area contributed by atoms with Crippen LogP contribution in [0.25, 0.3) is 11.3 Å². The van der Waals surface area contributed by atoms with Gasteiger partial charge in [-0.05, 0) is 30.2 Å². The van der Waals surface area contributed by atoms with Gasteiger partial charge in [-0.15, -0.1) is 0 Å². The second-order valence-corrected chi connectivity index (χ2v) is 4.07. The van der Waals surface area contributed by atoms with Crippen molar-refractivity contribution in [2.45, 2.75) is 19.8 Å². The maximum absolute atomic E-state index is 11.3. The molecule has 0 saturated carbocycles. The highest BCUT2D eigenvalue weighted by molar-refractivity contribution is 5.63. The lowest BCUT2D eigenvalue weighted by Gasteiger charge is -2.06. The van der Waals surface area contributed by atoms with Crippen LogP contribution < -0.4 is 5.69 Å². The van der Waals surface area contributed by atoms with Crippen LogP contribution in [0.1, 0.15) is 25.5 Å². The summed E-state index contributed by atoms with van der Waals surface area (Å²) in [5.74, 6) is 0.454. The fourth-order valence-corrected chi connectivity index (χ4v) is 1.69. The van der Waals surface area contributed by atoms with Crippen molar-refractivity contribution in [1.82, 2.24) is 9.97 Å². The van der Waals surface area contributed by atoms with Gasteiger partial charge in [0.05, 0.1) is 5.69 Å². The Bertz CT molecular complexity index is 535. The fourth-order valence-electron chi connectivity index (χ4n) is 1.69. The zero-order chi connectivity index (χ0) is 11.7. The highest BCUT2D eigenvalue weighted by Crippen LogP contribution is 2.25. The maximum atomic E-state index is 11.3. The van der Waals surface area contributed by atoms with Gasteiger partial charge in [0.15, 0.2) is 0 Å². The van der Waals surface area contributed by atoms with Gasteiger partial charge in [-0.2, -0.15) is 0 Å². The molecule has 0 spiro atoms. The highest BCUT2D eigenvalue weighted by Gasteiger charge is 2.12. The van der Waals surface area contributed by atoms with Gasteiger partial charge >= 0.3 is 5.69 Å². The van der Waals surface area contributed by atoms with Crippen molar-refractivity contribution in [3.8, 4) is 17.0 Å². The van der Waals surface area contributed by atoms with Crippen molar-refractivity contribution in [3.63, 3.8) is 0 Å². The molecule has 2 rings (SSSR count). The Hall–Kier alpha value is -1.97. The summed E-state index contributed by atoms with van der Waals surface area (Å²) in [7, 11) is 0. The van der Waals surface area contributed by atoms with Gasteiger partial charge in [-0.25, -0.2) is 4.79 Å². The van der Waals surface area contributed by atoms with E-state index in [0.717, 1.165) is 17.0 Å². The summed E-state index contributed by atoms with van der Waals surface area (Å²) < 4.78 is 0. The first-order valence-corrected chi connectivity index (χ1v) is 5.19. The summed E-state index contributed by atoms with van der Waals surface area (Å²) in [5, 5.41) is 9.21. The van der Waals surface area contributed by atoms with Crippen LogP contribution in [0.5, 0.6) is 5.75 Å². The minimum absolute atomic E-state index is 0.202. The lowest BCUT2D eigenvalue weighted by atomic mass is 10.0. The number of hydrogen-bond donors (Lipinski definition) is 3. The van der Waals surface area contributed by atoms with E-state index >= 15 is 0 Å². The number of H-pyrrole nitrogens is 2. The normalized spacial score (nSPS) is 10.9. The van der Waals surface area contributed by atoms with E-state index in [1.165, 1.54) is 0 Å². The molecule has 4 nitrogen and oxygen atoms in total. The number of imidazole rings is 1. The van der Waals surface area contributed by atoms with Crippen molar-refractivity contribution in [3.05, 3.63) is 40.4 Å². The Morgan fingerprint density at radius 3 is 2.31 bits per heavy atom. The third-order valence-corrected chi connectivity index (χ3v) is 2.49. The smallest absolute Gasteiger partial charge is 0.323 e. The van der Waals surface area contributed by atoms with E-state index in [9.17, 15) is 9.90 Å². The Labute approximate surface area is 93.0 Å². The van der Waals surface area contributed by atoms with Gasteiger partial charge in [0.25, 0.3) is 0 Å². The SMILES string of the molecule is CC(C)c1[nH]c(=O)[nH]c1-c1ccc(O)cc1.